The van der Waals surface area contributed by atoms with Crippen molar-refractivity contribution in [3.05, 3.63) is 71.8 Å². The molecule has 4 atom stereocenters. The first-order valence-electron chi connectivity index (χ1n) is 10.6. The normalized spacial score (nSPS) is 26.2. The average molecular weight is 487 g/mol. The molecule has 2 amide bonds. The monoisotopic (exact) mass is 486 g/mol. The van der Waals surface area contributed by atoms with Gasteiger partial charge < -0.3 is 14.6 Å². The summed E-state index contributed by atoms with van der Waals surface area (Å²) in [5, 5.41) is 2.77. The SMILES string of the molecule is C[S+]([O-])C12SC(C)(C)[C@H](C(=O)OCc3ccccc3)N1C(=O)[C@H]2NC(=O)Cc1ccccc1. The molecule has 1 N–H and O–H groups in total. The molecule has 2 fully saturated rings. The molecule has 0 aliphatic carbocycles. The van der Waals surface area contributed by atoms with Crippen molar-refractivity contribution in [3.63, 3.8) is 0 Å². The van der Waals surface area contributed by atoms with E-state index in [0.29, 0.717) is 0 Å². The van der Waals surface area contributed by atoms with Crippen LogP contribution in [0.5, 0.6) is 0 Å². The van der Waals surface area contributed by atoms with Crippen molar-refractivity contribution in [2.45, 2.75) is 47.9 Å². The number of hydrogen-bond donors (Lipinski definition) is 1. The van der Waals surface area contributed by atoms with E-state index in [1.54, 1.807) is 0 Å². The van der Waals surface area contributed by atoms with E-state index >= 15 is 0 Å². The zero-order chi connectivity index (χ0) is 23.8. The summed E-state index contributed by atoms with van der Waals surface area (Å²) in [5.74, 6) is -1.31. The largest absolute Gasteiger partial charge is 0.614 e. The number of β-lactam (4-membered cyclic amide) rings is 1. The van der Waals surface area contributed by atoms with E-state index in [2.05, 4.69) is 5.32 Å². The fourth-order valence-electron chi connectivity index (χ4n) is 4.39. The standard InChI is InChI=1S/C24H26N2O5S2/c1-23(2)20(22(29)31-15-17-12-8-5-9-13-17)26-21(28)19(24(26,32-23)33(3)30)25-18(27)14-16-10-6-4-7-11-16/h4-13,19-20H,14-15H2,1-3H3,(H,25,27)/t19-,20+,24?,33?/m1/s1. The fourth-order valence-corrected chi connectivity index (χ4v) is 8.10. The third-order valence-corrected chi connectivity index (χ3v) is 9.57. The zero-order valence-corrected chi connectivity index (χ0v) is 20.3. The zero-order valence-electron chi connectivity index (χ0n) is 18.6. The number of nitrogens with one attached hydrogen (secondary N) is 1. The Morgan fingerprint density at radius 1 is 1.09 bits per heavy atom. The highest BCUT2D eigenvalue weighted by Gasteiger charge is 2.79. The lowest BCUT2D eigenvalue weighted by Crippen LogP contribution is -2.80. The number of thioether (sulfide) groups is 1. The van der Waals surface area contributed by atoms with Gasteiger partial charge in [-0.15, -0.1) is 0 Å². The average Bonchev–Trinajstić information content (AvgIpc) is 3.02. The highest BCUT2D eigenvalue weighted by molar-refractivity contribution is 8.15. The van der Waals surface area contributed by atoms with Crippen LogP contribution in [0.3, 0.4) is 0 Å². The van der Waals surface area contributed by atoms with Crippen molar-refractivity contribution in [3.8, 4) is 0 Å². The molecule has 2 unspecified atom stereocenters. The second kappa shape index (κ2) is 9.04. The summed E-state index contributed by atoms with van der Waals surface area (Å²) >= 11 is -0.261. The lowest BCUT2D eigenvalue weighted by atomic mass is 9.95. The predicted molar refractivity (Wildman–Crippen MR) is 127 cm³/mol. The third-order valence-electron chi connectivity index (χ3n) is 5.88. The van der Waals surface area contributed by atoms with Crippen molar-refractivity contribution < 1.29 is 23.7 Å². The first-order valence-corrected chi connectivity index (χ1v) is 12.9. The van der Waals surface area contributed by atoms with Gasteiger partial charge in [-0.05, 0) is 36.2 Å². The minimum Gasteiger partial charge on any atom is -0.614 e. The lowest BCUT2D eigenvalue weighted by molar-refractivity contribution is -0.167. The molecule has 2 aliphatic rings. The van der Waals surface area contributed by atoms with Gasteiger partial charge in [0, 0.05) is 4.75 Å². The first-order chi connectivity index (χ1) is 15.7. The molecule has 2 aromatic carbocycles. The number of ether oxygens (including phenoxy) is 1. The van der Waals surface area contributed by atoms with Crippen LogP contribution in [0.15, 0.2) is 60.7 Å². The molecule has 2 aliphatic heterocycles. The molecule has 0 spiro atoms. The van der Waals surface area contributed by atoms with Crippen molar-refractivity contribution in [1.29, 1.82) is 0 Å². The number of carbonyl (C=O) groups is 3. The van der Waals surface area contributed by atoms with Crippen LogP contribution in [0.4, 0.5) is 0 Å². The maximum absolute atomic E-state index is 13.2. The Hall–Kier alpha value is -2.49. The summed E-state index contributed by atoms with van der Waals surface area (Å²) in [6, 6.07) is 16.6. The second-order valence-corrected chi connectivity index (χ2v) is 12.3. The molecule has 2 saturated heterocycles. The van der Waals surface area contributed by atoms with Crippen LogP contribution in [0, 0.1) is 0 Å². The Bertz CT molecular complexity index is 1050. The van der Waals surface area contributed by atoms with Gasteiger partial charge >= 0.3 is 5.97 Å². The Morgan fingerprint density at radius 3 is 2.24 bits per heavy atom. The van der Waals surface area contributed by atoms with Crippen molar-refractivity contribution in [1.82, 2.24) is 10.2 Å². The Labute approximate surface area is 200 Å². The van der Waals surface area contributed by atoms with E-state index in [1.807, 2.05) is 74.5 Å². The maximum Gasteiger partial charge on any atom is 0.330 e. The molecule has 0 bridgehead atoms. The van der Waals surface area contributed by atoms with Crippen molar-refractivity contribution in [2.24, 2.45) is 0 Å². The van der Waals surface area contributed by atoms with Gasteiger partial charge in [0.1, 0.15) is 12.6 Å². The lowest BCUT2D eigenvalue weighted by Gasteiger charge is -2.51. The molecule has 2 heterocycles. The van der Waals surface area contributed by atoms with Gasteiger partial charge in [-0.3, -0.25) is 14.5 Å². The molecular formula is C24H26N2O5S2. The van der Waals surface area contributed by atoms with Crippen LogP contribution < -0.4 is 5.32 Å². The molecule has 9 heteroatoms. The minimum absolute atomic E-state index is 0.0818. The summed E-state index contributed by atoms with van der Waals surface area (Å²) < 4.78 is 16.5. The summed E-state index contributed by atoms with van der Waals surface area (Å²) in [6.45, 7) is 3.74. The van der Waals surface area contributed by atoms with Crippen LogP contribution in [-0.2, 0) is 43.3 Å². The quantitative estimate of drug-likeness (QED) is 0.366. The molecule has 7 nitrogen and oxygen atoms in total. The molecule has 174 valence electrons. The van der Waals surface area contributed by atoms with Crippen LogP contribution >= 0.6 is 11.8 Å². The Balaban J connectivity index is 1.52. The van der Waals surface area contributed by atoms with Gasteiger partial charge in [-0.25, -0.2) is 4.79 Å². The summed E-state index contributed by atoms with van der Waals surface area (Å²) in [5.41, 5.74) is 1.65. The van der Waals surface area contributed by atoms with E-state index in [-0.39, 0.29) is 18.9 Å². The summed E-state index contributed by atoms with van der Waals surface area (Å²) in [7, 11) is 0. The van der Waals surface area contributed by atoms with Gasteiger partial charge in [0.05, 0.1) is 12.7 Å². The first kappa shape index (κ1) is 23.7. The van der Waals surface area contributed by atoms with Crippen LogP contribution in [0.25, 0.3) is 0 Å². The van der Waals surface area contributed by atoms with Gasteiger partial charge in [-0.2, -0.15) is 0 Å². The molecule has 4 rings (SSSR count). The van der Waals surface area contributed by atoms with Gasteiger partial charge in [-0.1, -0.05) is 72.4 Å². The maximum atomic E-state index is 13.2. The van der Waals surface area contributed by atoms with Crippen LogP contribution in [-0.4, -0.2) is 54.5 Å². The molecule has 33 heavy (non-hydrogen) atoms. The topological polar surface area (TPSA) is 98.8 Å². The van der Waals surface area contributed by atoms with Crippen LogP contribution in [0.2, 0.25) is 0 Å². The van der Waals surface area contributed by atoms with E-state index in [1.165, 1.54) is 22.9 Å². The number of rotatable bonds is 7. The molecule has 0 aromatic heterocycles. The number of amides is 2. The number of hydrogen-bond acceptors (Lipinski definition) is 6. The van der Waals surface area contributed by atoms with Crippen molar-refractivity contribution in [2.75, 3.05) is 6.26 Å². The summed E-state index contributed by atoms with van der Waals surface area (Å²) in [4.78, 5) is 40.3. The van der Waals surface area contributed by atoms with Gasteiger partial charge in [0.15, 0.2) is 6.04 Å². The predicted octanol–water partition coefficient (Wildman–Crippen LogP) is 2.23. The van der Waals surface area contributed by atoms with Gasteiger partial charge in [0.2, 0.25) is 5.91 Å². The van der Waals surface area contributed by atoms with E-state index in [0.717, 1.165) is 11.1 Å². The molecule has 0 saturated carbocycles. The van der Waals surface area contributed by atoms with Crippen molar-refractivity contribution >= 4 is 40.7 Å². The van der Waals surface area contributed by atoms with Crippen LogP contribution in [0.1, 0.15) is 25.0 Å². The number of nitrogens with zero attached hydrogens (tertiary/aromatic N) is 1. The smallest absolute Gasteiger partial charge is 0.330 e. The molecule has 2 aromatic rings. The highest BCUT2D eigenvalue weighted by Crippen LogP contribution is 2.60. The van der Waals surface area contributed by atoms with E-state index in [9.17, 15) is 18.9 Å². The summed E-state index contributed by atoms with van der Waals surface area (Å²) in [6.07, 6.45) is 1.60. The fraction of sp³-hybridized carbons (Fsp3) is 0.375. The highest BCUT2D eigenvalue weighted by atomic mass is 32.3. The number of esters is 1. The van der Waals surface area contributed by atoms with E-state index in [4.69, 9.17) is 4.74 Å². The third kappa shape index (κ3) is 4.25. The minimum atomic E-state index is -1.54. The number of carbonyl (C=O) groups excluding carboxylic acids is 3. The molecular weight excluding hydrogens is 460 g/mol. The van der Waals surface area contributed by atoms with Gasteiger partial charge in [0.25, 0.3) is 10.1 Å². The second-order valence-electron chi connectivity index (χ2n) is 8.66. The Kier molecular flexibility index (Phi) is 6.48. The Morgan fingerprint density at radius 2 is 1.67 bits per heavy atom. The molecule has 0 radical (unpaired) electrons. The number of fused-ring (bicyclic) bond motifs is 1. The van der Waals surface area contributed by atoms with E-state index < -0.39 is 44.1 Å². The number of benzene rings is 2.